The molecule has 0 spiro atoms. The van der Waals surface area contributed by atoms with Crippen LogP contribution in [0.15, 0.2) is 83.3 Å². The van der Waals surface area contributed by atoms with Crippen LogP contribution in [0.25, 0.3) is 11.0 Å². The minimum absolute atomic E-state index is 0.0278. The quantitative estimate of drug-likeness (QED) is 0.379. The van der Waals surface area contributed by atoms with Crippen molar-refractivity contribution in [2.45, 2.75) is 0 Å². The lowest BCUT2D eigenvalue weighted by molar-refractivity contribution is 0.0746. The number of amides is 2. The predicted octanol–water partition coefficient (Wildman–Crippen LogP) is 4.53. The molecule has 0 bridgehead atoms. The molecule has 0 unspecified atom stereocenters. The van der Waals surface area contributed by atoms with E-state index in [1.165, 1.54) is 0 Å². The van der Waals surface area contributed by atoms with Crippen LogP contribution in [0.1, 0.15) is 20.9 Å². The molecular weight excluding hydrogens is 488 g/mol. The number of carbonyl (C=O) groups excluding carboxylic acids is 2. The number of hydrogen-bond donors (Lipinski definition) is 2. The van der Waals surface area contributed by atoms with Crippen LogP contribution in [0, 0.1) is 0 Å². The van der Waals surface area contributed by atoms with Gasteiger partial charge in [-0.3, -0.25) is 14.9 Å². The summed E-state index contributed by atoms with van der Waals surface area (Å²) < 4.78 is 10.8. The number of carbonyl (C=O) groups is 2. The van der Waals surface area contributed by atoms with Crippen molar-refractivity contribution in [3.8, 4) is 5.75 Å². The van der Waals surface area contributed by atoms with E-state index in [1.54, 1.807) is 37.4 Å². The largest absolute Gasteiger partial charge is 0.497 e. The van der Waals surface area contributed by atoms with Crippen molar-refractivity contribution < 1.29 is 18.7 Å². The normalized spacial score (nSPS) is 13.3. The maximum absolute atomic E-state index is 12.8. The molecule has 1 fully saturated rings. The fraction of sp³-hybridized carbons (Fsp3) is 0.179. The van der Waals surface area contributed by atoms with Crippen LogP contribution in [0.5, 0.6) is 5.75 Å². The van der Waals surface area contributed by atoms with Gasteiger partial charge in [0.1, 0.15) is 11.3 Å². The smallest absolute Gasteiger partial charge is 0.293 e. The Morgan fingerprint density at radius 1 is 0.919 bits per heavy atom. The molecule has 4 aromatic rings. The van der Waals surface area contributed by atoms with Crippen LogP contribution >= 0.6 is 12.2 Å². The standard InChI is InChI=1S/C28H26N4O4S/c1-35-23-12-6-19(7-13-23)27(34)32-16-14-31(15-17-32)22-10-8-21(9-11-22)29-28(37)30-26(33)25-18-20-4-2-3-5-24(20)36-25/h2-13,18H,14-17H2,1H3,(H2,29,30,33,37). The first-order valence-electron chi connectivity index (χ1n) is 11.9. The highest BCUT2D eigenvalue weighted by atomic mass is 32.1. The number of nitrogens with zero attached hydrogens (tertiary/aromatic N) is 2. The van der Waals surface area contributed by atoms with Crippen molar-refractivity contribution in [3.05, 3.63) is 90.2 Å². The van der Waals surface area contributed by atoms with Crippen LogP contribution < -0.4 is 20.3 Å². The van der Waals surface area contributed by atoms with E-state index < -0.39 is 5.91 Å². The molecular formula is C28H26N4O4S. The molecule has 37 heavy (non-hydrogen) atoms. The molecule has 0 aliphatic carbocycles. The van der Waals surface area contributed by atoms with Crippen LogP contribution in [0.3, 0.4) is 0 Å². The number of methoxy groups -OCH3 is 1. The predicted molar refractivity (Wildman–Crippen MR) is 147 cm³/mol. The Hall–Kier alpha value is -4.37. The molecule has 8 nitrogen and oxygen atoms in total. The van der Waals surface area contributed by atoms with E-state index in [4.69, 9.17) is 21.4 Å². The number of para-hydroxylation sites is 1. The Labute approximate surface area is 219 Å². The van der Waals surface area contributed by atoms with E-state index in [0.717, 1.165) is 35.6 Å². The summed E-state index contributed by atoms with van der Waals surface area (Å²) in [5.74, 6) is 0.548. The lowest BCUT2D eigenvalue weighted by atomic mass is 10.1. The minimum atomic E-state index is -0.410. The third-order valence-corrected chi connectivity index (χ3v) is 6.47. The molecule has 1 saturated heterocycles. The molecule has 0 atom stereocenters. The molecule has 2 N–H and O–H groups in total. The van der Waals surface area contributed by atoms with Crippen molar-refractivity contribution >= 4 is 51.5 Å². The zero-order chi connectivity index (χ0) is 25.8. The molecule has 1 aliphatic rings. The van der Waals surface area contributed by atoms with Gasteiger partial charge in [0, 0.05) is 48.5 Å². The van der Waals surface area contributed by atoms with Crippen LogP contribution in [0.4, 0.5) is 11.4 Å². The third-order valence-electron chi connectivity index (χ3n) is 6.27. The second-order valence-corrected chi connectivity index (χ2v) is 9.02. The van der Waals surface area contributed by atoms with E-state index in [1.807, 2.05) is 53.4 Å². The highest BCUT2D eigenvalue weighted by molar-refractivity contribution is 7.80. The average molecular weight is 515 g/mol. The Balaban J connectivity index is 1.12. The molecule has 1 aliphatic heterocycles. The average Bonchev–Trinajstić information content (AvgIpc) is 3.38. The number of hydrogen-bond acceptors (Lipinski definition) is 6. The topological polar surface area (TPSA) is 87.0 Å². The van der Waals surface area contributed by atoms with Gasteiger partial charge in [0.05, 0.1) is 7.11 Å². The van der Waals surface area contributed by atoms with Gasteiger partial charge in [-0.25, -0.2) is 0 Å². The Kier molecular flexibility index (Phi) is 7.04. The summed E-state index contributed by atoms with van der Waals surface area (Å²) in [5, 5.41) is 6.72. The van der Waals surface area contributed by atoms with Crippen molar-refractivity contribution in [2.75, 3.05) is 43.5 Å². The first kappa shape index (κ1) is 24.3. The zero-order valence-electron chi connectivity index (χ0n) is 20.3. The van der Waals surface area contributed by atoms with Gasteiger partial charge in [0.25, 0.3) is 11.8 Å². The molecule has 2 amide bonds. The monoisotopic (exact) mass is 514 g/mol. The molecule has 2 heterocycles. The summed E-state index contributed by atoms with van der Waals surface area (Å²) in [6, 6.07) is 24.1. The Morgan fingerprint density at radius 3 is 2.30 bits per heavy atom. The molecule has 5 rings (SSSR count). The highest BCUT2D eigenvalue weighted by Crippen LogP contribution is 2.22. The Bertz CT molecular complexity index is 1390. The SMILES string of the molecule is COc1ccc(C(=O)N2CCN(c3ccc(NC(=S)NC(=O)c4cc5ccccc5o4)cc3)CC2)cc1. The van der Waals surface area contributed by atoms with Gasteiger partial charge in [0.15, 0.2) is 10.9 Å². The minimum Gasteiger partial charge on any atom is -0.497 e. The van der Waals surface area contributed by atoms with Crippen molar-refractivity contribution in [1.29, 1.82) is 0 Å². The van der Waals surface area contributed by atoms with Gasteiger partial charge in [-0.2, -0.15) is 0 Å². The van der Waals surface area contributed by atoms with Gasteiger partial charge in [-0.15, -0.1) is 0 Å². The van der Waals surface area contributed by atoms with Crippen molar-refractivity contribution in [2.24, 2.45) is 0 Å². The number of thiocarbonyl (C=S) groups is 1. The number of furan rings is 1. The van der Waals surface area contributed by atoms with Gasteiger partial charge in [0.2, 0.25) is 0 Å². The third kappa shape index (κ3) is 5.57. The number of nitrogens with one attached hydrogen (secondary N) is 2. The fourth-order valence-electron chi connectivity index (χ4n) is 4.26. The van der Waals surface area contributed by atoms with Crippen LogP contribution in [0.2, 0.25) is 0 Å². The van der Waals surface area contributed by atoms with Crippen LogP contribution in [-0.4, -0.2) is 55.1 Å². The highest BCUT2D eigenvalue weighted by Gasteiger charge is 2.22. The molecule has 9 heteroatoms. The van der Waals surface area contributed by atoms with E-state index in [9.17, 15) is 9.59 Å². The summed E-state index contributed by atoms with van der Waals surface area (Å²) >= 11 is 5.30. The summed E-state index contributed by atoms with van der Waals surface area (Å²) in [6.07, 6.45) is 0. The van der Waals surface area contributed by atoms with E-state index in [-0.39, 0.29) is 16.8 Å². The number of ether oxygens (including phenoxy) is 1. The lowest BCUT2D eigenvalue weighted by Gasteiger charge is -2.36. The molecule has 1 aromatic heterocycles. The number of rotatable bonds is 5. The first-order chi connectivity index (χ1) is 18.0. The second-order valence-electron chi connectivity index (χ2n) is 8.61. The second kappa shape index (κ2) is 10.7. The lowest BCUT2D eigenvalue weighted by Crippen LogP contribution is -2.48. The summed E-state index contributed by atoms with van der Waals surface area (Å²) in [4.78, 5) is 29.4. The van der Waals surface area contributed by atoms with Crippen molar-refractivity contribution in [1.82, 2.24) is 10.2 Å². The maximum Gasteiger partial charge on any atom is 0.293 e. The summed E-state index contributed by atoms with van der Waals surface area (Å²) in [7, 11) is 1.61. The van der Waals surface area contributed by atoms with Gasteiger partial charge < -0.3 is 24.3 Å². The maximum atomic E-state index is 12.8. The molecule has 0 saturated carbocycles. The first-order valence-corrected chi connectivity index (χ1v) is 12.3. The zero-order valence-corrected chi connectivity index (χ0v) is 21.1. The van der Waals surface area contributed by atoms with Gasteiger partial charge >= 0.3 is 0 Å². The number of fused-ring (bicyclic) bond motifs is 1. The fourth-order valence-corrected chi connectivity index (χ4v) is 4.47. The summed E-state index contributed by atoms with van der Waals surface area (Å²) in [5.41, 5.74) is 3.12. The van der Waals surface area contributed by atoms with Crippen LogP contribution in [-0.2, 0) is 0 Å². The van der Waals surface area contributed by atoms with E-state index in [0.29, 0.717) is 24.2 Å². The van der Waals surface area contributed by atoms with E-state index >= 15 is 0 Å². The van der Waals surface area contributed by atoms with Gasteiger partial charge in [-0.1, -0.05) is 18.2 Å². The number of anilines is 2. The van der Waals surface area contributed by atoms with E-state index in [2.05, 4.69) is 15.5 Å². The molecule has 3 aromatic carbocycles. The molecule has 188 valence electrons. The Morgan fingerprint density at radius 2 is 1.62 bits per heavy atom. The number of piperazine rings is 1. The number of benzene rings is 3. The molecule has 0 radical (unpaired) electrons. The van der Waals surface area contributed by atoms with Gasteiger partial charge in [-0.05, 0) is 72.9 Å². The summed E-state index contributed by atoms with van der Waals surface area (Å²) in [6.45, 7) is 2.76. The van der Waals surface area contributed by atoms with Crippen molar-refractivity contribution in [3.63, 3.8) is 0 Å².